The molecule has 0 aliphatic carbocycles. The van der Waals surface area contributed by atoms with E-state index in [2.05, 4.69) is 54.0 Å². The minimum absolute atomic E-state index is 0.320. The van der Waals surface area contributed by atoms with Gasteiger partial charge in [0.2, 0.25) is 5.91 Å². The lowest BCUT2D eigenvalue weighted by Crippen LogP contribution is -2.31. The number of hydrogen-bond acceptors (Lipinski definition) is 1. The molecule has 0 N–H and O–H groups in total. The summed E-state index contributed by atoms with van der Waals surface area (Å²) in [5.41, 5.74) is 1.31. The number of nitrogens with zero attached hydrogens (tertiary/aromatic N) is 1. The maximum absolute atomic E-state index is 12.1. The molecule has 2 rings (SSSR count). The molecule has 0 bridgehead atoms. The van der Waals surface area contributed by atoms with E-state index < -0.39 is 0 Å². The summed E-state index contributed by atoms with van der Waals surface area (Å²) in [7, 11) is 0. The van der Waals surface area contributed by atoms with Crippen molar-refractivity contribution < 1.29 is 4.79 Å². The minimum Gasteiger partial charge on any atom is -0.342 e. The van der Waals surface area contributed by atoms with Crippen molar-refractivity contribution in [1.29, 1.82) is 0 Å². The first-order valence-electron chi connectivity index (χ1n) is 7.00. The molecule has 1 aliphatic heterocycles. The lowest BCUT2D eigenvalue weighted by molar-refractivity contribution is -0.127. The maximum Gasteiger partial charge on any atom is 0.222 e. The van der Waals surface area contributed by atoms with Gasteiger partial charge in [0, 0.05) is 30.8 Å². The molecule has 1 amide bonds. The van der Waals surface area contributed by atoms with Gasteiger partial charge in [-0.1, -0.05) is 60.1 Å². The number of carbonyl (C=O) groups is 1. The second-order valence-corrected chi connectivity index (χ2v) is 6.42. The average molecular weight is 324 g/mol. The van der Waals surface area contributed by atoms with Crippen LogP contribution >= 0.6 is 15.9 Å². The second kappa shape index (κ2) is 6.56. The van der Waals surface area contributed by atoms with Gasteiger partial charge in [0.25, 0.3) is 0 Å². The number of carbonyl (C=O) groups excluding carboxylic acids is 1. The molecule has 0 saturated carbocycles. The van der Waals surface area contributed by atoms with Crippen LogP contribution < -0.4 is 0 Å². The van der Waals surface area contributed by atoms with E-state index in [0.29, 0.717) is 23.7 Å². The second-order valence-electron chi connectivity index (χ2n) is 5.77. The molecular weight excluding hydrogens is 302 g/mol. The van der Waals surface area contributed by atoms with Crippen molar-refractivity contribution in [2.75, 3.05) is 18.4 Å². The van der Waals surface area contributed by atoms with Crippen LogP contribution in [0.4, 0.5) is 0 Å². The Bertz CT molecular complexity index is 418. The van der Waals surface area contributed by atoms with Crippen LogP contribution in [0.5, 0.6) is 0 Å². The summed E-state index contributed by atoms with van der Waals surface area (Å²) in [5.74, 6) is 1.82. The maximum atomic E-state index is 12.1. The highest BCUT2D eigenvalue weighted by Gasteiger charge is 2.32. The SMILES string of the molecule is CC(C)C1CC(=O)N(CC(CBr)c2ccccc2)C1. The third-order valence-corrected chi connectivity index (χ3v) is 4.87. The van der Waals surface area contributed by atoms with Crippen LogP contribution in [0.1, 0.15) is 31.7 Å². The van der Waals surface area contributed by atoms with Crippen molar-refractivity contribution in [2.24, 2.45) is 11.8 Å². The van der Waals surface area contributed by atoms with E-state index >= 15 is 0 Å². The number of likely N-dealkylation sites (tertiary alicyclic amines) is 1. The molecule has 1 fully saturated rings. The zero-order chi connectivity index (χ0) is 13.8. The zero-order valence-electron chi connectivity index (χ0n) is 11.7. The number of amides is 1. The largest absolute Gasteiger partial charge is 0.342 e. The fourth-order valence-corrected chi connectivity index (χ4v) is 3.24. The fraction of sp³-hybridized carbons (Fsp3) is 0.562. The van der Waals surface area contributed by atoms with Crippen molar-refractivity contribution in [3.8, 4) is 0 Å². The smallest absolute Gasteiger partial charge is 0.222 e. The molecule has 1 aromatic carbocycles. The van der Waals surface area contributed by atoms with Gasteiger partial charge < -0.3 is 4.90 Å². The average Bonchev–Trinajstić information content (AvgIpc) is 2.78. The van der Waals surface area contributed by atoms with Gasteiger partial charge >= 0.3 is 0 Å². The molecule has 0 aromatic heterocycles. The lowest BCUT2D eigenvalue weighted by atomic mass is 9.95. The third-order valence-electron chi connectivity index (χ3n) is 4.09. The van der Waals surface area contributed by atoms with Crippen LogP contribution in [0.2, 0.25) is 0 Å². The van der Waals surface area contributed by atoms with Crippen LogP contribution in [-0.2, 0) is 4.79 Å². The topological polar surface area (TPSA) is 20.3 Å². The Balaban J connectivity index is 2.02. The van der Waals surface area contributed by atoms with Gasteiger partial charge in [0.1, 0.15) is 0 Å². The zero-order valence-corrected chi connectivity index (χ0v) is 13.3. The van der Waals surface area contributed by atoms with Crippen LogP contribution in [-0.4, -0.2) is 29.2 Å². The standard InChI is InChI=1S/C16H22BrNO/c1-12(2)14-8-16(19)18(10-14)11-15(9-17)13-6-4-3-5-7-13/h3-7,12,14-15H,8-11H2,1-2H3. The molecule has 1 heterocycles. The molecular formula is C16H22BrNO. The first-order chi connectivity index (χ1) is 9.11. The summed E-state index contributed by atoms with van der Waals surface area (Å²) in [6.45, 7) is 6.17. The van der Waals surface area contributed by atoms with Crippen molar-refractivity contribution in [3.63, 3.8) is 0 Å². The summed E-state index contributed by atoms with van der Waals surface area (Å²) in [6, 6.07) is 10.4. The van der Waals surface area contributed by atoms with Crippen molar-refractivity contribution in [1.82, 2.24) is 4.90 Å². The Hall–Kier alpha value is -0.830. The first kappa shape index (κ1) is 14.6. The normalized spacial score (nSPS) is 21.2. The van der Waals surface area contributed by atoms with E-state index in [4.69, 9.17) is 0 Å². The molecule has 0 spiro atoms. The van der Waals surface area contributed by atoms with E-state index in [1.165, 1.54) is 5.56 Å². The van der Waals surface area contributed by atoms with Crippen LogP contribution in [0.25, 0.3) is 0 Å². The Labute approximate surface area is 124 Å². The number of rotatable bonds is 5. The first-order valence-corrected chi connectivity index (χ1v) is 8.12. The van der Waals surface area contributed by atoms with E-state index in [9.17, 15) is 4.79 Å². The Morgan fingerprint density at radius 3 is 2.53 bits per heavy atom. The van der Waals surface area contributed by atoms with Gasteiger partial charge in [0.15, 0.2) is 0 Å². The third kappa shape index (κ3) is 3.59. The van der Waals surface area contributed by atoms with Gasteiger partial charge in [-0.15, -0.1) is 0 Å². The Kier molecular flexibility index (Phi) is 5.03. The summed E-state index contributed by atoms with van der Waals surface area (Å²) in [5, 5.41) is 0.896. The monoisotopic (exact) mass is 323 g/mol. The van der Waals surface area contributed by atoms with Gasteiger partial charge in [-0.2, -0.15) is 0 Å². The van der Waals surface area contributed by atoms with Crippen LogP contribution in [0.3, 0.4) is 0 Å². The molecule has 1 aromatic rings. The number of hydrogen-bond donors (Lipinski definition) is 0. The van der Waals surface area contributed by atoms with E-state index in [-0.39, 0.29) is 0 Å². The van der Waals surface area contributed by atoms with Gasteiger partial charge in [-0.25, -0.2) is 0 Å². The van der Waals surface area contributed by atoms with E-state index in [1.54, 1.807) is 0 Å². The Morgan fingerprint density at radius 1 is 1.32 bits per heavy atom. The van der Waals surface area contributed by atoms with Gasteiger partial charge in [-0.3, -0.25) is 4.79 Å². The predicted molar refractivity (Wildman–Crippen MR) is 82.5 cm³/mol. The highest BCUT2D eigenvalue weighted by Crippen LogP contribution is 2.28. The van der Waals surface area contributed by atoms with Crippen LogP contribution in [0, 0.1) is 11.8 Å². The van der Waals surface area contributed by atoms with Crippen LogP contribution in [0.15, 0.2) is 30.3 Å². The van der Waals surface area contributed by atoms with E-state index in [1.807, 2.05) is 11.0 Å². The highest BCUT2D eigenvalue weighted by atomic mass is 79.9. The van der Waals surface area contributed by atoms with Crippen molar-refractivity contribution in [2.45, 2.75) is 26.2 Å². The van der Waals surface area contributed by atoms with Crippen molar-refractivity contribution >= 4 is 21.8 Å². The molecule has 1 aliphatic rings. The number of benzene rings is 1. The van der Waals surface area contributed by atoms with Gasteiger partial charge in [-0.05, 0) is 17.4 Å². The predicted octanol–water partition coefficient (Wildman–Crippen LogP) is 3.67. The molecule has 19 heavy (non-hydrogen) atoms. The molecule has 2 unspecified atom stereocenters. The summed E-state index contributed by atoms with van der Waals surface area (Å²) < 4.78 is 0. The molecule has 2 nitrogen and oxygen atoms in total. The van der Waals surface area contributed by atoms with E-state index in [0.717, 1.165) is 24.8 Å². The Morgan fingerprint density at radius 2 is 2.00 bits per heavy atom. The quantitative estimate of drug-likeness (QED) is 0.757. The number of alkyl halides is 1. The fourth-order valence-electron chi connectivity index (χ4n) is 2.66. The number of halogens is 1. The summed E-state index contributed by atoms with van der Waals surface area (Å²) in [6.07, 6.45) is 0.724. The summed E-state index contributed by atoms with van der Waals surface area (Å²) >= 11 is 3.59. The molecule has 104 valence electrons. The summed E-state index contributed by atoms with van der Waals surface area (Å²) in [4.78, 5) is 14.1. The highest BCUT2D eigenvalue weighted by molar-refractivity contribution is 9.09. The lowest BCUT2D eigenvalue weighted by Gasteiger charge is -2.23. The molecule has 0 radical (unpaired) electrons. The van der Waals surface area contributed by atoms with Gasteiger partial charge in [0.05, 0.1) is 0 Å². The molecule has 2 atom stereocenters. The van der Waals surface area contributed by atoms with Crippen molar-refractivity contribution in [3.05, 3.63) is 35.9 Å². The molecule has 3 heteroatoms. The minimum atomic E-state index is 0.320. The molecule has 1 saturated heterocycles.